The van der Waals surface area contributed by atoms with Gasteiger partial charge in [-0.3, -0.25) is 9.59 Å². The quantitative estimate of drug-likeness (QED) is 0.630. The number of carbonyl (C=O) groups is 2. The molecule has 1 atom stereocenters. The Morgan fingerprint density at radius 1 is 1.29 bits per heavy atom. The van der Waals surface area contributed by atoms with E-state index in [1.54, 1.807) is 19.2 Å². The molecule has 1 saturated carbocycles. The van der Waals surface area contributed by atoms with E-state index in [0.29, 0.717) is 18.7 Å². The molecular formula is C21H33N3O4. The topological polar surface area (TPSA) is 94.8 Å². The van der Waals surface area contributed by atoms with Gasteiger partial charge in [-0.2, -0.15) is 0 Å². The van der Waals surface area contributed by atoms with Crippen LogP contribution in [0.4, 0.5) is 0 Å². The van der Waals surface area contributed by atoms with Crippen LogP contribution < -0.4 is 10.6 Å². The molecule has 3 N–H and O–H groups in total. The van der Waals surface area contributed by atoms with Gasteiger partial charge < -0.3 is 25.1 Å². The Hall–Kier alpha value is -1.86. The second kappa shape index (κ2) is 9.56. The van der Waals surface area contributed by atoms with E-state index in [-0.39, 0.29) is 24.1 Å². The van der Waals surface area contributed by atoms with Crippen LogP contribution in [-0.2, 0) is 11.3 Å². The zero-order chi connectivity index (χ0) is 20.0. The average Bonchev–Trinajstić information content (AvgIpc) is 3.18. The fraction of sp³-hybridized carbons (Fsp3) is 0.714. The highest BCUT2D eigenvalue weighted by Gasteiger charge is 2.41. The first-order valence-electron chi connectivity index (χ1n) is 10.5. The molecule has 1 unspecified atom stereocenters. The minimum absolute atomic E-state index is 0.160. The summed E-state index contributed by atoms with van der Waals surface area (Å²) < 4.78 is 5.46. The molecule has 1 saturated heterocycles. The molecule has 2 amide bonds. The molecular weight excluding hydrogens is 358 g/mol. The van der Waals surface area contributed by atoms with E-state index in [0.717, 1.165) is 31.8 Å². The Bertz CT molecular complexity index is 668. The van der Waals surface area contributed by atoms with Gasteiger partial charge in [-0.15, -0.1) is 0 Å². The number of rotatable bonds is 8. The van der Waals surface area contributed by atoms with Crippen molar-refractivity contribution in [2.24, 2.45) is 5.92 Å². The van der Waals surface area contributed by atoms with Gasteiger partial charge in [0.25, 0.3) is 11.8 Å². The first-order valence-corrected chi connectivity index (χ1v) is 10.5. The molecule has 28 heavy (non-hydrogen) atoms. The minimum Gasteiger partial charge on any atom is -0.455 e. The van der Waals surface area contributed by atoms with Crippen LogP contribution in [0.3, 0.4) is 0 Å². The smallest absolute Gasteiger partial charge is 0.286 e. The van der Waals surface area contributed by atoms with Crippen LogP contribution in [0, 0.1) is 5.92 Å². The van der Waals surface area contributed by atoms with Gasteiger partial charge in [0, 0.05) is 26.7 Å². The molecule has 0 spiro atoms. The van der Waals surface area contributed by atoms with Crippen molar-refractivity contribution in [2.75, 3.05) is 26.7 Å². The van der Waals surface area contributed by atoms with E-state index in [2.05, 4.69) is 10.6 Å². The lowest BCUT2D eigenvalue weighted by Gasteiger charge is -2.39. The SMILES string of the molecule is CNC(=O)c1ccc(CNCC2(O)CCCN(CCC3CCCCC3)C2=O)o1. The van der Waals surface area contributed by atoms with Gasteiger partial charge in [-0.25, -0.2) is 0 Å². The molecule has 2 aliphatic rings. The predicted molar refractivity (Wildman–Crippen MR) is 106 cm³/mol. The molecule has 3 rings (SSSR count). The lowest BCUT2D eigenvalue weighted by Crippen LogP contribution is -2.58. The van der Waals surface area contributed by atoms with E-state index in [1.165, 1.54) is 32.1 Å². The number of nitrogens with one attached hydrogen (secondary N) is 2. The molecule has 1 aliphatic heterocycles. The van der Waals surface area contributed by atoms with Gasteiger partial charge in [-0.1, -0.05) is 32.1 Å². The third-order valence-corrected chi connectivity index (χ3v) is 6.06. The number of likely N-dealkylation sites (tertiary alicyclic amines) is 1. The first-order chi connectivity index (χ1) is 13.5. The number of aliphatic hydroxyl groups is 1. The van der Waals surface area contributed by atoms with Gasteiger partial charge in [-0.05, 0) is 37.3 Å². The standard InChI is InChI=1S/C21H33N3O4/c1-22-19(25)18-9-8-17(28-18)14-23-15-21(27)11-5-12-24(20(21)26)13-10-16-6-3-2-4-7-16/h8-9,16,23,27H,2-7,10-15H2,1H3,(H,22,25). The van der Waals surface area contributed by atoms with Crippen molar-refractivity contribution in [3.8, 4) is 0 Å². The van der Waals surface area contributed by atoms with E-state index >= 15 is 0 Å². The molecule has 0 bridgehead atoms. The van der Waals surface area contributed by atoms with E-state index in [9.17, 15) is 14.7 Å². The van der Waals surface area contributed by atoms with Gasteiger partial charge >= 0.3 is 0 Å². The molecule has 1 aromatic rings. The summed E-state index contributed by atoms with van der Waals surface area (Å²) in [4.78, 5) is 26.2. The average molecular weight is 392 g/mol. The fourth-order valence-corrected chi connectivity index (χ4v) is 4.37. The van der Waals surface area contributed by atoms with Crippen molar-refractivity contribution in [2.45, 2.75) is 63.5 Å². The zero-order valence-electron chi connectivity index (χ0n) is 16.8. The Balaban J connectivity index is 1.47. The molecule has 7 nitrogen and oxygen atoms in total. The molecule has 0 radical (unpaired) electrons. The number of carbonyl (C=O) groups excluding carboxylic acids is 2. The van der Waals surface area contributed by atoms with Crippen LogP contribution in [0.2, 0.25) is 0 Å². The molecule has 7 heteroatoms. The number of amides is 2. The summed E-state index contributed by atoms with van der Waals surface area (Å²) in [5.74, 6) is 1.14. The Morgan fingerprint density at radius 2 is 2.07 bits per heavy atom. The number of hydrogen-bond acceptors (Lipinski definition) is 5. The van der Waals surface area contributed by atoms with Gasteiger partial charge in [0.1, 0.15) is 5.76 Å². The Kier molecular flexibility index (Phi) is 7.13. The molecule has 156 valence electrons. The van der Waals surface area contributed by atoms with Crippen molar-refractivity contribution in [3.05, 3.63) is 23.7 Å². The summed E-state index contributed by atoms with van der Waals surface area (Å²) in [5.41, 5.74) is -1.36. The van der Waals surface area contributed by atoms with Crippen LogP contribution >= 0.6 is 0 Å². The fourth-order valence-electron chi connectivity index (χ4n) is 4.37. The summed E-state index contributed by atoms with van der Waals surface area (Å²) in [6, 6.07) is 3.34. The maximum Gasteiger partial charge on any atom is 0.286 e. The maximum absolute atomic E-state index is 12.9. The number of hydrogen-bond donors (Lipinski definition) is 3. The molecule has 1 aliphatic carbocycles. The zero-order valence-corrected chi connectivity index (χ0v) is 16.8. The Labute approximate surface area is 166 Å². The highest BCUT2D eigenvalue weighted by atomic mass is 16.4. The summed E-state index contributed by atoms with van der Waals surface area (Å²) in [7, 11) is 1.55. The highest BCUT2D eigenvalue weighted by molar-refractivity contribution is 5.91. The van der Waals surface area contributed by atoms with Gasteiger partial charge in [0.05, 0.1) is 6.54 Å². The molecule has 1 aromatic heterocycles. The van der Waals surface area contributed by atoms with Crippen molar-refractivity contribution in [1.29, 1.82) is 0 Å². The first kappa shape index (κ1) is 20.9. The van der Waals surface area contributed by atoms with Crippen LogP contribution in [-0.4, -0.2) is 54.1 Å². The highest BCUT2D eigenvalue weighted by Crippen LogP contribution is 2.28. The molecule has 0 aromatic carbocycles. The number of furan rings is 1. The maximum atomic E-state index is 12.9. The van der Waals surface area contributed by atoms with Crippen molar-refractivity contribution in [1.82, 2.24) is 15.5 Å². The third kappa shape index (κ3) is 5.14. The van der Waals surface area contributed by atoms with Crippen LogP contribution in [0.5, 0.6) is 0 Å². The van der Waals surface area contributed by atoms with Crippen molar-refractivity contribution < 1.29 is 19.1 Å². The monoisotopic (exact) mass is 391 g/mol. The van der Waals surface area contributed by atoms with Crippen molar-refractivity contribution >= 4 is 11.8 Å². The lowest BCUT2D eigenvalue weighted by molar-refractivity contribution is -0.156. The summed E-state index contributed by atoms with van der Waals surface area (Å²) in [6.45, 7) is 2.03. The normalized spacial score (nSPS) is 23.8. The minimum atomic E-state index is -1.36. The van der Waals surface area contributed by atoms with Gasteiger partial charge in [0.15, 0.2) is 11.4 Å². The predicted octanol–water partition coefficient (Wildman–Crippen LogP) is 2.05. The lowest BCUT2D eigenvalue weighted by atomic mass is 9.86. The third-order valence-electron chi connectivity index (χ3n) is 6.06. The summed E-state index contributed by atoms with van der Waals surface area (Å²) >= 11 is 0. The molecule has 2 heterocycles. The summed E-state index contributed by atoms with van der Waals surface area (Å²) in [5, 5.41) is 16.5. The summed E-state index contributed by atoms with van der Waals surface area (Å²) in [6.07, 6.45) is 8.83. The van der Waals surface area contributed by atoms with Crippen LogP contribution in [0.1, 0.15) is 67.7 Å². The van der Waals surface area contributed by atoms with Gasteiger partial charge in [0.2, 0.25) is 0 Å². The van der Waals surface area contributed by atoms with E-state index in [4.69, 9.17) is 4.42 Å². The van der Waals surface area contributed by atoms with Crippen LogP contribution in [0.25, 0.3) is 0 Å². The Morgan fingerprint density at radius 3 is 2.82 bits per heavy atom. The van der Waals surface area contributed by atoms with E-state index < -0.39 is 5.60 Å². The second-order valence-electron chi connectivity index (χ2n) is 8.17. The molecule has 2 fully saturated rings. The number of piperidine rings is 1. The van der Waals surface area contributed by atoms with Crippen molar-refractivity contribution in [3.63, 3.8) is 0 Å². The number of nitrogens with zero attached hydrogens (tertiary/aromatic N) is 1. The second-order valence-corrected chi connectivity index (χ2v) is 8.17. The largest absolute Gasteiger partial charge is 0.455 e. The van der Waals surface area contributed by atoms with Crippen LogP contribution in [0.15, 0.2) is 16.5 Å². The van der Waals surface area contributed by atoms with E-state index in [1.807, 2.05) is 4.90 Å².